The number of ether oxygens (including phenoxy) is 1. The van der Waals surface area contributed by atoms with E-state index >= 15 is 0 Å². The van der Waals surface area contributed by atoms with Crippen LogP contribution in [0.25, 0.3) is 11.4 Å². The molecule has 0 saturated carbocycles. The lowest BCUT2D eigenvalue weighted by molar-refractivity contribution is 0.185. The third-order valence-corrected chi connectivity index (χ3v) is 3.79. The van der Waals surface area contributed by atoms with E-state index in [1.807, 2.05) is 31.3 Å². The fourth-order valence-electron chi connectivity index (χ4n) is 2.21. The summed E-state index contributed by atoms with van der Waals surface area (Å²) in [6.07, 6.45) is 0. The Morgan fingerprint density at radius 3 is 3.05 bits per heavy atom. The van der Waals surface area contributed by atoms with E-state index in [2.05, 4.69) is 31.4 Å². The number of likely N-dealkylation sites (N-methyl/N-ethyl adjacent to an activating group) is 1. The molecule has 0 bridgehead atoms. The summed E-state index contributed by atoms with van der Waals surface area (Å²) in [6, 6.07) is 8.07. The van der Waals surface area contributed by atoms with E-state index in [9.17, 15) is 0 Å². The van der Waals surface area contributed by atoms with Crippen molar-refractivity contribution >= 4 is 15.9 Å². The van der Waals surface area contributed by atoms with Crippen LogP contribution in [0.1, 0.15) is 11.8 Å². The number of nitrogens with one attached hydrogen (secondary N) is 1. The number of rotatable bonds is 3. The lowest BCUT2D eigenvalue weighted by Gasteiger charge is -2.11. The van der Waals surface area contributed by atoms with Gasteiger partial charge in [0.25, 0.3) is 0 Å². The van der Waals surface area contributed by atoms with E-state index in [0.29, 0.717) is 24.9 Å². The molecule has 1 aliphatic heterocycles. The Kier molecular flexibility index (Phi) is 3.63. The molecule has 19 heavy (non-hydrogen) atoms. The third kappa shape index (κ3) is 2.56. The fourth-order valence-corrected chi connectivity index (χ4v) is 2.61. The zero-order chi connectivity index (χ0) is 13.2. The van der Waals surface area contributed by atoms with Gasteiger partial charge < -0.3 is 14.6 Å². The van der Waals surface area contributed by atoms with Crippen LogP contribution < -0.4 is 5.32 Å². The van der Waals surface area contributed by atoms with E-state index in [1.165, 1.54) is 0 Å². The molecule has 0 amide bonds. The van der Waals surface area contributed by atoms with Gasteiger partial charge in [-0.15, -0.1) is 0 Å². The van der Waals surface area contributed by atoms with E-state index in [-0.39, 0.29) is 12.0 Å². The normalized spacial score (nSPS) is 22.8. The highest BCUT2D eigenvalue weighted by Crippen LogP contribution is 2.27. The molecule has 6 heteroatoms. The van der Waals surface area contributed by atoms with Crippen molar-refractivity contribution in [2.75, 3.05) is 20.3 Å². The maximum absolute atomic E-state index is 5.45. The van der Waals surface area contributed by atoms with Crippen molar-refractivity contribution in [1.82, 2.24) is 15.5 Å². The van der Waals surface area contributed by atoms with Gasteiger partial charge in [-0.25, -0.2) is 0 Å². The number of aromatic nitrogens is 2. The second-order valence-corrected chi connectivity index (χ2v) is 5.42. The Hall–Kier alpha value is -1.24. The molecule has 1 aliphatic rings. The molecule has 3 rings (SSSR count). The van der Waals surface area contributed by atoms with Crippen LogP contribution in [0.2, 0.25) is 0 Å². The molecule has 2 aromatic rings. The maximum Gasteiger partial charge on any atom is 0.234 e. The zero-order valence-electron chi connectivity index (χ0n) is 10.5. The topological polar surface area (TPSA) is 60.2 Å². The van der Waals surface area contributed by atoms with Crippen LogP contribution in [-0.2, 0) is 4.74 Å². The summed E-state index contributed by atoms with van der Waals surface area (Å²) in [5.41, 5.74) is 0.935. The second-order valence-electron chi connectivity index (χ2n) is 4.51. The number of nitrogens with zero attached hydrogens (tertiary/aromatic N) is 2. The first-order valence-corrected chi connectivity index (χ1v) is 6.92. The largest absolute Gasteiger partial charge is 0.379 e. The van der Waals surface area contributed by atoms with Crippen LogP contribution in [0.4, 0.5) is 0 Å². The lowest BCUT2D eigenvalue weighted by atomic mass is 10.0. The van der Waals surface area contributed by atoms with Gasteiger partial charge in [0.15, 0.2) is 0 Å². The monoisotopic (exact) mass is 323 g/mol. The first kappa shape index (κ1) is 12.8. The van der Waals surface area contributed by atoms with Crippen LogP contribution in [0.5, 0.6) is 0 Å². The van der Waals surface area contributed by atoms with Crippen LogP contribution in [0, 0.1) is 0 Å². The highest BCUT2D eigenvalue weighted by molar-refractivity contribution is 9.10. The van der Waals surface area contributed by atoms with Crippen molar-refractivity contribution in [2.45, 2.75) is 12.0 Å². The number of hydrogen-bond donors (Lipinski definition) is 1. The summed E-state index contributed by atoms with van der Waals surface area (Å²) in [6.45, 7) is 1.29. The van der Waals surface area contributed by atoms with Gasteiger partial charge in [-0.2, -0.15) is 4.98 Å². The van der Waals surface area contributed by atoms with Gasteiger partial charge in [0, 0.05) is 16.1 Å². The molecule has 1 fully saturated rings. The zero-order valence-corrected chi connectivity index (χ0v) is 12.1. The van der Waals surface area contributed by atoms with Gasteiger partial charge in [-0.1, -0.05) is 33.2 Å². The van der Waals surface area contributed by atoms with Crippen LogP contribution >= 0.6 is 15.9 Å². The Labute approximate surface area is 119 Å². The first-order valence-electron chi connectivity index (χ1n) is 6.12. The van der Waals surface area contributed by atoms with E-state index in [0.717, 1.165) is 10.0 Å². The summed E-state index contributed by atoms with van der Waals surface area (Å²) in [5, 5.41) is 7.26. The summed E-state index contributed by atoms with van der Waals surface area (Å²) in [4.78, 5) is 4.48. The lowest BCUT2D eigenvalue weighted by Crippen LogP contribution is -2.31. The summed E-state index contributed by atoms with van der Waals surface area (Å²) >= 11 is 3.44. The van der Waals surface area contributed by atoms with Crippen LogP contribution in [-0.4, -0.2) is 36.4 Å². The molecule has 1 aromatic carbocycles. The van der Waals surface area contributed by atoms with Crippen molar-refractivity contribution in [1.29, 1.82) is 0 Å². The Morgan fingerprint density at radius 2 is 2.26 bits per heavy atom. The smallest absolute Gasteiger partial charge is 0.234 e. The Balaban J connectivity index is 1.87. The van der Waals surface area contributed by atoms with Crippen molar-refractivity contribution in [3.8, 4) is 11.4 Å². The van der Waals surface area contributed by atoms with Crippen molar-refractivity contribution in [3.63, 3.8) is 0 Å². The molecule has 2 heterocycles. The average Bonchev–Trinajstić information content (AvgIpc) is 3.07. The molecule has 0 aliphatic carbocycles. The predicted molar refractivity (Wildman–Crippen MR) is 73.8 cm³/mol. The Morgan fingerprint density at radius 1 is 1.37 bits per heavy atom. The molecule has 100 valence electrons. The number of hydrogen-bond acceptors (Lipinski definition) is 5. The highest BCUT2D eigenvalue weighted by Gasteiger charge is 2.33. The SMILES string of the molecule is CNC1COCC1c1nc(-c2cccc(Br)c2)no1. The number of halogens is 1. The maximum atomic E-state index is 5.45. The van der Waals surface area contributed by atoms with Gasteiger partial charge in [-0.3, -0.25) is 0 Å². The highest BCUT2D eigenvalue weighted by atomic mass is 79.9. The molecule has 1 saturated heterocycles. The van der Waals surface area contributed by atoms with Crippen molar-refractivity contribution in [2.24, 2.45) is 0 Å². The second kappa shape index (κ2) is 5.40. The fraction of sp³-hybridized carbons (Fsp3) is 0.385. The van der Waals surface area contributed by atoms with Crippen molar-refractivity contribution < 1.29 is 9.26 Å². The summed E-state index contributed by atoms with van der Waals surface area (Å²) < 4.78 is 11.8. The third-order valence-electron chi connectivity index (χ3n) is 3.29. The minimum absolute atomic E-state index is 0.124. The quantitative estimate of drug-likeness (QED) is 0.938. The van der Waals surface area contributed by atoms with E-state index in [1.54, 1.807) is 0 Å². The molecule has 1 aromatic heterocycles. The standard InChI is InChI=1S/C13H14BrN3O2/c1-15-11-7-18-6-10(11)13-16-12(17-19-13)8-3-2-4-9(14)5-8/h2-5,10-11,15H,6-7H2,1H3. The van der Waals surface area contributed by atoms with E-state index < -0.39 is 0 Å². The van der Waals surface area contributed by atoms with Crippen LogP contribution in [0.15, 0.2) is 33.3 Å². The van der Waals surface area contributed by atoms with Gasteiger partial charge >= 0.3 is 0 Å². The molecule has 5 nitrogen and oxygen atoms in total. The van der Waals surface area contributed by atoms with Crippen LogP contribution in [0.3, 0.4) is 0 Å². The molecule has 1 N–H and O–H groups in total. The summed E-state index contributed by atoms with van der Waals surface area (Å²) in [5.74, 6) is 1.36. The minimum Gasteiger partial charge on any atom is -0.379 e. The van der Waals surface area contributed by atoms with Gasteiger partial charge in [-0.05, 0) is 19.2 Å². The predicted octanol–water partition coefficient (Wildman–Crippen LogP) is 2.20. The van der Waals surface area contributed by atoms with E-state index in [4.69, 9.17) is 9.26 Å². The van der Waals surface area contributed by atoms with Gasteiger partial charge in [0.1, 0.15) is 0 Å². The molecule has 2 atom stereocenters. The molecule has 0 spiro atoms. The minimum atomic E-state index is 0.124. The first-order chi connectivity index (χ1) is 9.28. The molecule has 0 radical (unpaired) electrons. The molecular formula is C13H14BrN3O2. The Bertz CT molecular complexity index is 573. The molecule has 2 unspecified atom stereocenters. The molecular weight excluding hydrogens is 310 g/mol. The average molecular weight is 324 g/mol. The van der Waals surface area contributed by atoms with Gasteiger partial charge in [0.05, 0.1) is 19.1 Å². The summed E-state index contributed by atoms with van der Waals surface area (Å²) in [7, 11) is 1.91. The van der Waals surface area contributed by atoms with Gasteiger partial charge in [0.2, 0.25) is 11.7 Å². The van der Waals surface area contributed by atoms with Crippen molar-refractivity contribution in [3.05, 3.63) is 34.6 Å². The number of benzene rings is 1.